The summed E-state index contributed by atoms with van der Waals surface area (Å²) < 4.78 is 7.26. The molecule has 0 spiro atoms. The third-order valence-corrected chi connectivity index (χ3v) is 11.9. The summed E-state index contributed by atoms with van der Waals surface area (Å²) in [5.74, 6) is 2.19. The zero-order valence-corrected chi connectivity index (χ0v) is 32.4. The van der Waals surface area contributed by atoms with Gasteiger partial charge in [0.25, 0.3) is 0 Å². The lowest BCUT2D eigenvalue weighted by Crippen LogP contribution is -2.04. The van der Waals surface area contributed by atoms with E-state index in [4.69, 9.17) is 19.4 Å². The number of nitrogens with zero attached hydrogens (tertiary/aromatic N) is 3. The maximum atomic E-state index is 7.26. The molecule has 2 heterocycles. The largest absolute Gasteiger partial charge is 0.455 e. The summed E-state index contributed by atoms with van der Waals surface area (Å²) in [4.78, 5) is 15.4. The first kappa shape index (κ1) is 34.8. The summed E-state index contributed by atoms with van der Waals surface area (Å²) in [6, 6.07) is 68.5. The molecule has 0 amide bonds. The van der Waals surface area contributed by atoms with Crippen molar-refractivity contribution in [3.05, 3.63) is 211 Å². The standard InChI is InChI=1S/C55H39N3O/c1-4-16-36(17-5-1)40-23-14-24-41(34-40)46-32-33-49(55-57-53(38-19-6-2-7-20-38)56-54(58-55)39-21-8-3-9-22-39)50-48-29-15-25-43(51(48)59-52(46)50)35-42-31-30-37-18-10-11-26-44(37)47-28-13-12-27-45(42)47/h1-29,32-34,42H,30-31,35H2. The van der Waals surface area contributed by atoms with Crippen LogP contribution in [0.4, 0.5) is 0 Å². The van der Waals surface area contributed by atoms with Gasteiger partial charge in [0.15, 0.2) is 17.5 Å². The van der Waals surface area contributed by atoms with Gasteiger partial charge in [-0.2, -0.15) is 0 Å². The Labute approximate surface area is 343 Å². The van der Waals surface area contributed by atoms with E-state index in [0.29, 0.717) is 23.4 Å². The van der Waals surface area contributed by atoms with Crippen molar-refractivity contribution in [2.24, 2.45) is 0 Å². The van der Waals surface area contributed by atoms with Crippen LogP contribution < -0.4 is 0 Å². The molecule has 11 rings (SSSR count). The molecule has 1 aliphatic carbocycles. The van der Waals surface area contributed by atoms with Crippen LogP contribution in [0.1, 0.15) is 29.0 Å². The van der Waals surface area contributed by atoms with Crippen LogP contribution in [0.25, 0.3) is 89.5 Å². The van der Waals surface area contributed by atoms with Crippen LogP contribution in [0.2, 0.25) is 0 Å². The minimum absolute atomic E-state index is 0.323. The van der Waals surface area contributed by atoms with Crippen molar-refractivity contribution in [3.63, 3.8) is 0 Å². The highest BCUT2D eigenvalue weighted by molar-refractivity contribution is 6.16. The second kappa shape index (κ2) is 14.8. The lowest BCUT2D eigenvalue weighted by molar-refractivity contribution is 0.615. The fourth-order valence-corrected chi connectivity index (χ4v) is 9.02. The van der Waals surface area contributed by atoms with Gasteiger partial charge in [-0.1, -0.05) is 176 Å². The van der Waals surface area contributed by atoms with Gasteiger partial charge in [-0.3, -0.25) is 0 Å². The zero-order valence-electron chi connectivity index (χ0n) is 32.4. The molecule has 280 valence electrons. The van der Waals surface area contributed by atoms with Crippen LogP contribution in [0, 0.1) is 0 Å². The molecule has 0 saturated heterocycles. The van der Waals surface area contributed by atoms with Gasteiger partial charge in [-0.25, -0.2) is 15.0 Å². The van der Waals surface area contributed by atoms with E-state index in [1.165, 1.54) is 33.4 Å². The molecule has 4 nitrogen and oxygen atoms in total. The molecule has 1 unspecified atom stereocenters. The molecule has 10 aromatic rings. The van der Waals surface area contributed by atoms with Gasteiger partial charge in [-0.05, 0) is 87.9 Å². The van der Waals surface area contributed by atoms with E-state index in [1.54, 1.807) is 0 Å². The van der Waals surface area contributed by atoms with Gasteiger partial charge >= 0.3 is 0 Å². The predicted molar refractivity (Wildman–Crippen MR) is 241 cm³/mol. The lowest BCUT2D eigenvalue weighted by Gasteiger charge is -2.18. The molecule has 1 aliphatic rings. The van der Waals surface area contributed by atoms with E-state index in [-0.39, 0.29) is 0 Å². The van der Waals surface area contributed by atoms with Gasteiger partial charge in [0, 0.05) is 33.0 Å². The molecule has 1 atom stereocenters. The average Bonchev–Trinajstić information content (AvgIpc) is 3.64. The third-order valence-electron chi connectivity index (χ3n) is 11.9. The zero-order chi connectivity index (χ0) is 39.1. The van der Waals surface area contributed by atoms with E-state index in [0.717, 1.165) is 74.6 Å². The van der Waals surface area contributed by atoms with Gasteiger partial charge in [-0.15, -0.1) is 0 Å². The van der Waals surface area contributed by atoms with Crippen LogP contribution in [0.15, 0.2) is 199 Å². The Morgan fingerprint density at radius 2 is 1.00 bits per heavy atom. The molecule has 0 aliphatic heterocycles. The first-order valence-electron chi connectivity index (χ1n) is 20.4. The van der Waals surface area contributed by atoms with Gasteiger partial charge < -0.3 is 4.42 Å². The van der Waals surface area contributed by atoms with Gasteiger partial charge in [0.1, 0.15) is 11.2 Å². The Morgan fingerprint density at radius 1 is 0.424 bits per heavy atom. The lowest BCUT2D eigenvalue weighted by atomic mass is 9.86. The highest BCUT2D eigenvalue weighted by atomic mass is 16.3. The number of rotatable bonds is 7. The Morgan fingerprint density at radius 3 is 1.75 bits per heavy atom. The monoisotopic (exact) mass is 757 g/mol. The van der Waals surface area contributed by atoms with Crippen LogP contribution in [-0.2, 0) is 12.8 Å². The maximum Gasteiger partial charge on any atom is 0.164 e. The molecule has 0 N–H and O–H groups in total. The summed E-state index contributed by atoms with van der Waals surface area (Å²) >= 11 is 0. The third kappa shape index (κ3) is 6.40. The minimum atomic E-state index is 0.323. The van der Waals surface area contributed by atoms with Crippen LogP contribution in [0.3, 0.4) is 0 Å². The molecule has 59 heavy (non-hydrogen) atoms. The van der Waals surface area contributed by atoms with Crippen molar-refractivity contribution in [3.8, 4) is 67.5 Å². The van der Waals surface area contributed by atoms with Crippen LogP contribution >= 0.6 is 0 Å². The summed E-state index contributed by atoms with van der Waals surface area (Å²) in [5, 5.41) is 2.06. The fraction of sp³-hybridized carbons (Fsp3) is 0.0727. The highest BCUT2D eigenvalue weighted by Gasteiger charge is 2.26. The van der Waals surface area contributed by atoms with Crippen molar-refractivity contribution in [1.29, 1.82) is 0 Å². The fourth-order valence-electron chi connectivity index (χ4n) is 9.02. The number of hydrogen-bond acceptors (Lipinski definition) is 4. The molecule has 0 saturated carbocycles. The van der Waals surface area contributed by atoms with Crippen molar-refractivity contribution >= 4 is 21.9 Å². The molecular weight excluding hydrogens is 719 g/mol. The summed E-state index contributed by atoms with van der Waals surface area (Å²) in [6.45, 7) is 0. The average molecular weight is 758 g/mol. The number of hydrogen-bond donors (Lipinski definition) is 0. The van der Waals surface area contributed by atoms with E-state index >= 15 is 0 Å². The van der Waals surface area contributed by atoms with Crippen molar-refractivity contribution < 1.29 is 4.42 Å². The number of furan rings is 1. The van der Waals surface area contributed by atoms with E-state index in [2.05, 4.69) is 158 Å². The Hall–Kier alpha value is -7.43. The molecule has 0 fully saturated rings. The van der Waals surface area contributed by atoms with Gasteiger partial charge in [0.2, 0.25) is 0 Å². The SMILES string of the molecule is c1ccc(-c2cccc(-c3ccc(-c4nc(-c5ccccc5)nc(-c5ccccc5)n4)c4c3oc3c(CC5CCc6ccccc6-c6ccccc65)cccc34)c2)cc1. The van der Waals surface area contributed by atoms with Crippen LogP contribution in [-0.4, -0.2) is 15.0 Å². The maximum absolute atomic E-state index is 7.26. The molecule has 8 aromatic carbocycles. The second-order valence-electron chi connectivity index (χ2n) is 15.4. The van der Waals surface area contributed by atoms with Crippen molar-refractivity contribution in [1.82, 2.24) is 15.0 Å². The van der Waals surface area contributed by atoms with Crippen molar-refractivity contribution in [2.45, 2.75) is 25.2 Å². The number of para-hydroxylation sites is 1. The normalized spacial score (nSPS) is 13.5. The summed E-state index contributed by atoms with van der Waals surface area (Å²) in [7, 11) is 0. The quantitative estimate of drug-likeness (QED) is 0.162. The number of aryl methyl sites for hydroxylation is 1. The van der Waals surface area contributed by atoms with Crippen LogP contribution in [0.5, 0.6) is 0 Å². The van der Waals surface area contributed by atoms with Crippen molar-refractivity contribution in [2.75, 3.05) is 0 Å². The first-order valence-corrected chi connectivity index (χ1v) is 20.4. The number of aromatic nitrogens is 3. The van der Waals surface area contributed by atoms with E-state index in [9.17, 15) is 0 Å². The highest BCUT2D eigenvalue weighted by Crippen LogP contribution is 2.45. The summed E-state index contributed by atoms with van der Waals surface area (Å²) in [5.41, 5.74) is 15.7. The first-order chi connectivity index (χ1) is 29.2. The topological polar surface area (TPSA) is 51.8 Å². The molecule has 2 aromatic heterocycles. The second-order valence-corrected chi connectivity index (χ2v) is 15.4. The Kier molecular flexibility index (Phi) is 8.74. The predicted octanol–water partition coefficient (Wildman–Crippen LogP) is 14.0. The molecule has 4 heteroatoms. The minimum Gasteiger partial charge on any atom is -0.455 e. The summed E-state index contributed by atoms with van der Waals surface area (Å²) in [6.07, 6.45) is 2.95. The van der Waals surface area contributed by atoms with Gasteiger partial charge in [0.05, 0.1) is 0 Å². The number of benzene rings is 8. The van der Waals surface area contributed by atoms with E-state index < -0.39 is 0 Å². The number of fused-ring (bicyclic) bond motifs is 6. The Bertz CT molecular complexity index is 3080. The molecular formula is C55H39N3O. The van der Waals surface area contributed by atoms with E-state index in [1.807, 2.05) is 36.4 Å². The smallest absolute Gasteiger partial charge is 0.164 e. The Balaban J connectivity index is 1.13. The molecule has 0 radical (unpaired) electrons. The molecule has 0 bridgehead atoms.